The molecule has 3 aromatic carbocycles. The Balaban J connectivity index is 1.51. The van der Waals surface area contributed by atoms with Gasteiger partial charge < -0.3 is 9.15 Å². The van der Waals surface area contributed by atoms with E-state index in [0.29, 0.717) is 39.4 Å². The Labute approximate surface area is 191 Å². The molecule has 3 aromatic heterocycles. The van der Waals surface area contributed by atoms with Crippen molar-refractivity contribution in [3.63, 3.8) is 0 Å². The van der Waals surface area contributed by atoms with Crippen molar-refractivity contribution in [2.75, 3.05) is 7.11 Å². The third-order valence-corrected chi connectivity index (χ3v) is 6.28. The van der Waals surface area contributed by atoms with Crippen molar-refractivity contribution in [2.45, 2.75) is 10.9 Å². The van der Waals surface area contributed by atoms with E-state index in [4.69, 9.17) is 9.15 Å². The predicted octanol–water partition coefficient (Wildman–Crippen LogP) is 4.48. The molecule has 8 nitrogen and oxygen atoms in total. The summed E-state index contributed by atoms with van der Waals surface area (Å²) in [6.07, 6.45) is 0. The lowest BCUT2D eigenvalue weighted by molar-refractivity contribution is 0.414. The highest BCUT2D eigenvalue weighted by Crippen LogP contribution is 2.27. The maximum Gasteiger partial charge on any atom is 0.267 e. The fourth-order valence-electron chi connectivity index (χ4n) is 3.86. The molecule has 0 radical (unpaired) electrons. The largest absolute Gasteiger partial charge is 0.497 e. The van der Waals surface area contributed by atoms with Gasteiger partial charge in [-0.05, 0) is 36.4 Å². The molecule has 0 unspecified atom stereocenters. The standard InChI is InChI=1S/C24H17N5O3S/c1-31-16-8-6-7-15(13-16)28-22(30)17-9-2-4-11-19(17)29-23(28)26-27-24(29)33-14-21-25-18-10-3-5-12-20(18)32-21/h2-13H,14H2,1H3. The highest BCUT2D eigenvalue weighted by Gasteiger charge is 2.19. The summed E-state index contributed by atoms with van der Waals surface area (Å²) in [5, 5.41) is 9.98. The topological polar surface area (TPSA) is 87.5 Å². The fraction of sp³-hybridized carbons (Fsp3) is 0.0833. The Morgan fingerprint density at radius 1 is 1.00 bits per heavy atom. The number of fused-ring (bicyclic) bond motifs is 4. The number of ether oxygens (including phenoxy) is 1. The first-order valence-corrected chi connectivity index (χ1v) is 11.2. The van der Waals surface area contributed by atoms with Crippen LogP contribution in [-0.2, 0) is 5.75 Å². The predicted molar refractivity (Wildman–Crippen MR) is 126 cm³/mol. The van der Waals surface area contributed by atoms with Gasteiger partial charge in [-0.2, -0.15) is 0 Å². The van der Waals surface area contributed by atoms with Crippen molar-refractivity contribution in [1.29, 1.82) is 0 Å². The summed E-state index contributed by atoms with van der Waals surface area (Å²) in [6, 6.07) is 22.4. The zero-order valence-corrected chi connectivity index (χ0v) is 18.3. The average molecular weight is 455 g/mol. The van der Waals surface area contributed by atoms with Gasteiger partial charge in [0.1, 0.15) is 11.3 Å². The molecule has 0 saturated carbocycles. The van der Waals surface area contributed by atoms with Gasteiger partial charge in [0.15, 0.2) is 10.7 Å². The molecule has 6 aromatic rings. The van der Waals surface area contributed by atoms with Crippen molar-refractivity contribution in [3.05, 3.63) is 89.0 Å². The maximum atomic E-state index is 13.4. The van der Waals surface area contributed by atoms with Gasteiger partial charge in [-0.3, -0.25) is 9.20 Å². The van der Waals surface area contributed by atoms with Gasteiger partial charge in [0, 0.05) is 6.07 Å². The minimum absolute atomic E-state index is 0.172. The molecule has 0 atom stereocenters. The second kappa shape index (κ2) is 7.79. The Hall–Kier alpha value is -4.11. The molecule has 0 spiro atoms. The summed E-state index contributed by atoms with van der Waals surface area (Å²) >= 11 is 1.45. The highest BCUT2D eigenvalue weighted by atomic mass is 32.2. The third-order valence-electron chi connectivity index (χ3n) is 5.37. The van der Waals surface area contributed by atoms with Crippen LogP contribution in [0.5, 0.6) is 5.75 Å². The Kier molecular flexibility index (Phi) is 4.62. The molecule has 3 heterocycles. The summed E-state index contributed by atoms with van der Waals surface area (Å²) in [4.78, 5) is 18.0. The summed E-state index contributed by atoms with van der Waals surface area (Å²) in [5.41, 5.74) is 2.78. The number of thioether (sulfide) groups is 1. The molecule has 0 aliphatic rings. The van der Waals surface area contributed by atoms with Gasteiger partial charge in [-0.15, -0.1) is 10.2 Å². The highest BCUT2D eigenvalue weighted by molar-refractivity contribution is 7.98. The molecule has 33 heavy (non-hydrogen) atoms. The van der Waals surface area contributed by atoms with Crippen LogP contribution in [0.4, 0.5) is 0 Å². The third kappa shape index (κ3) is 3.25. The van der Waals surface area contributed by atoms with E-state index in [1.165, 1.54) is 11.8 Å². The first-order valence-electron chi connectivity index (χ1n) is 10.2. The van der Waals surface area contributed by atoms with Crippen LogP contribution in [0, 0.1) is 0 Å². The number of hydrogen-bond donors (Lipinski definition) is 0. The van der Waals surface area contributed by atoms with Crippen LogP contribution in [0.15, 0.2) is 87.2 Å². The smallest absolute Gasteiger partial charge is 0.267 e. The van der Waals surface area contributed by atoms with E-state index in [9.17, 15) is 4.79 Å². The minimum atomic E-state index is -0.172. The lowest BCUT2D eigenvalue weighted by Crippen LogP contribution is -2.21. The van der Waals surface area contributed by atoms with Crippen LogP contribution in [0.3, 0.4) is 0 Å². The molecule has 6 rings (SSSR count). The van der Waals surface area contributed by atoms with Crippen molar-refractivity contribution >= 4 is 39.5 Å². The molecular weight excluding hydrogens is 438 g/mol. The summed E-state index contributed by atoms with van der Waals surface area (Å²) in [6.45, 7) is 0. The van der Waals surface area contributed by atoms with Crippen LogP contribution in [0.1, 0.15) is 5.89 Å². The SMILES string of the molecule is COc1cccc(-n2c(=O)c3ccccc3n3c(SCc4nc5ccccc5o4)nnc23)c1. The van der Waals surface area contributed by atoms with Gasteiger partial charge in [-0.1, -0.05) is 42.1 Å². The van der Waals surface area contributed by atoms with Crippen LogP contribution < -0.4 is 10.3 Å². The van der Waals surface area contributed by atoms with E-state index < -0.39 is 0 Å². The van der Waals surface area contributed by atoms with Crippen molar-refractivity contribution in [3.8, 4) is 11.4 Å². The summed E-state index contributed by atoms with van der Waals surface area (Å²) in [7, 11) is 1.59. The number of methoxy groups -OCH3 is 1. The van der Waals surface area contributed by atoms with E-state index in [2.05, 4.69) is 15.2 Å². The molecule has 0 bridgehead atoms. The van der Waals surface area contributed by atoms with Crippen molar-refractivity contribution in [2.24, 2.45) is 0 Å². The van der Waals surface area contributed by atoms with Gasteiger partial charge in [0.25, 0.3) is 5.56 Å². The first kappa shape index (κ1) is 19.6. The van der Waals surface area contributed by atoms with Crippen LogP contribution in [0.2, 0.25) is 0 Å². The molecule has 162 valence electrons. The van der Waals surface area contributed by atoms with E-state index >= 15 is 0 Å². The molecule has 0 amide bonds. The lowest BCUT2D eigenvalue weighted by Gasteiger charge is -2.12. The molecule has 0 fully saturated rings. The van der Waals surface area contributed by atoms with Crippen molar-refractivity contribution in [1.82, 2.24) is 24.1 Å². The zero-order chi connectivity index (χ0) is 22.4. The minimum Gasteiger partial charge on any atom is -0.497 e. The van der Waals surface area contributed by atoms with Gasteiger partial charge in [-0.25, -0.2) is 9.55 Å². The Morgan fingerprint density at radius 2 is 1.85 bits per heavy atom. The van der Waals surface area contributed by atoms with Crippen LogP contribution >= 0.6 is 11.8 Å². The quantitative estimate of drug-likeness (QED) is 0.354. The molecule has 0 N–H and O–H groups in total. The summed E-state index contributed by atoms with van der Waals surface area (Å²) in [5.74, 6) is 2.15. The number of para-hydroxylation sites is 3. The van der Waals surface area contributed by atoms with E-state index in [0.717, 1.165) is 16.6 Å². The van der Waals surface area contributed by atoms with Crippen molar-refractivity contribution < 1.29 is 9.15 Å². The molecule has 0 aliphatic heterocycles. The molecular formula is C24H17N5O3S. The molecule has 9 heteroatoms. The zero-order valence-electron chi connectivity index (χ0n) is 17.5. The number of rotatable bonds is 5. The number of oxazole rings is 1. The van der Waals surface area contributed by atoms with Gasteiger partial charge in [0.2, 0.25) is 11.7 Å². The monoisotopic (exact) mass is 455 g/mol. The second-order valence-corrected chi connectivity index (χ2v) is 8.28. The Morgan fingerprint density at radius 3 is 2.73 bits per heavy atom. The van der Waals surface area contributed by atoms with E-state index in [1.54, 1.807) is 17.7 Å². The van der Waals surface area contributed by atoms with Crippen LogP contribution in [-0.4, -0.2) is 31.3 Å². The second-order valence-electron chi connectivity index (χ2n) is 7.34. The number of nitrogens with zero attached hydrogens (tertiary/aromatic N) is 5. The number of aromatic nitrogens is 5. The van der Waals surface area contributed by atoms with Gasteiger partial charge in [0.05, 0.1) is 29.5 Å². The van der Waals surface area contributed by atoms with E-state index in [1.807, 2.05) is 71.1 Å². The normalized spacial score (nSPS) is 11.5. The van der Waals surface area contributed by atoms with Gasteiger partial charge >= 0.3 is 0 Å². The lowest BCUT2D eigenvalue weighted by atomic mass is 10.2. The maximum absolute atomic E-state index is 13.4. The number of benzene rings is 3. The first-order chi connectivity index (χ1) is 16.2. The molecule has 0 saturated heterocycles. The number of hydrogen-bond acceptors (Lipinski definition) is 7. The average Bonchev–Trinajstić information content (AvgIpc) is 3.47. The summed E-state index contributed by atoms with van der Waals surface area (Å²) < 4.78 is 14.6. The van der Waals surface area contributed by atoms with E-state index in [-0.39, 0.29) is 5.56 Å². The molecule has 0 aliphatic carbocycles. The Bertz CT molecular complexity index is 1670. The fourth-order valence-corrected chi connectivity index (χ4v) is 4.65. The van der Waals surface area contributed by atoms with Crippen LogP contribution in [0.25, 0.3) is 33.5 Å².